The van der Waals surface area contributed by atoms with Crippen molar-refractivity contribution < 1.29 is 18.0 Å². The predicted octanol–water partition coefficient (Wildman–Crippen LogP) is 5.31. The summed E-state index contributed by atoms with van der Waals surface area (Å²) < 4.78 is 26.6. The van der Waals surface area contributed by atoms with Gasteiger partial charge in [-0.1, -0.05) is 77.8 Å². The van der Waals surface area contributed by atoms with Crippen molar-refractivity contribution in [1.29, 1.82) is 0 Å². The molecule has 1 atom stereocenters. The molecule has 10 heteroatoms. The first-order chi connectivity index (χ1) is 18.2. The number of hydrogen-bond donors (Lipinski definition) is 1. The van der Waals surface area contributed by atoms with Gasteiger partial charge in [-0.05, 0) is 56.2 Å². The van der Waals surface area contributed by atoms with Crippen LogP contribution in [-0.2, 0) is 32.6 Å². The molecule has 3 rings (SSSR count). The maximum Gasteiger partial charge on any atom is 0.244 e. The molecule has 0 aliphatic rings. The molecule has 0 saturated heterocycles. The van der Waals surface area contributed by atoms with Gasteiger partial charge >= 0.3 is 0 Å². The maximum atomic E-state index is 14.0. The zero-order chi connectivity index (χ0) is 28.8. The number of anilines is 1. The van der Waals surface area contributed by atoms with Gasteiger partial charge in [-0.25, -0.2) is 8.42 Å². The maximum absolute atomic E-state index is 14.0. The molecule has 2 amide bonds. The molecular weight excluding hydrogens is 557 g/mol. The van der Waals surface area contributed by atoms with Crippen LogP contribution in [0.3, 0.4) is 0 Å². The van der Waals surface area contributed by atoms with Crippen molar-refractivity contribution in [3.63, 3.8) is 0 Å². The summed E-state index contributed by atoms with van der Waals surface area (Å²) in [6.07, 6.45) is 1.24. The van der Waals surface area contributed by atoms with Gasteiger partial charge in [-0.3, -0.25) is 13.9 Å². The molecule has 0 saturated carbocycles. The summed E-state index contributed by atoms with van der Waals surface area (Å²) in [7, 11) is -3.90. The van der Waals surface area contributed by atoms with E-state index < -0.39 is 34.1 Å². The second-order valence-corrected chi connectivity index (χ2v) is 13.1. The number of halogens is 2. The summed E-state index contributed by atoms with van der Waals surface area (Å²) in [4.78, 5) is 29.1. The van der Waals surface area contributed by atoms with Crippen molar-refractivity contribution >= 4 is 50.7 Å². The molecule has 0 aromatic heterocycles. The van der Waals surface area contributed by atoms with Crippen LogP contribution in [-0.4, -0.2) is 49.5 Å². The molecule has 3 aromatic rings. The van der Waals surface area contributed by atoms with Gasteiger partial charge in [0.05, 0.1) is 17.0 Å². The van der Waals surface area contributed by atoms with Crippen LogP contribution in [0.25, 0.3) is 0 Å². The van der Waals surface area contributed by atoms with Crippen LogP contribution >= 0.6 is 23.2 Å². The summed E-state index contributed by atoms with van der Waals surface area (Å²) in [5.41, 5.74) is 1.21. The third-order valence-electron chi connectivity index (χ3n) is 5.84. The van der Waals surface area contributed by atoms with Gasteiger partial charge < -0.3 is 10.2 Å². The SMILES string of the molecule is CC(C)(C)NC(=O)[C@@H](Cc1ccccc1)N(Cc1ccc(Cl)cc1)C(=O)CN(c1ccccc1Cl)S(C)(=O)=O. The van der Waals surface area contributed by atoms with Crippen molar-refractivity contribution in [2.24, 2.45) is 0 Å². The fourth-order valence-electron chi connectivity index (χ4n) is 4.04. The fraction of sp³-hybridized carbons (Fsp3) is 0.310. The van der Waals surface area contributed by atoms with Gasteiger partial charge in [-0.15, -0.1) is 0 Å². The van der Waals surface area contributed by atoms with Gasteiger partial charge in [0.25, 0.3) is 0 Å². The second-order valence-electron chi connectivity index (χ2n) is 10.3. The van der Waals surface area contributed by atoms with Crippen molar-refractivity contribution in [2.45, 2.75) is 45.3 Å². The molecule has 1 N–H and O–H groups in total. The summed E-state index contributed by atoms with van der Waals surface area (Å²) in [5, 5.41) is 3.71. The highest BCUT2D eigenvalue weighted by Crippen LogP contribution is 2.28. The van der Waals surface area contributed by atoms with E-state index in [1.165, 1.54) is 11.0 Å². The minimum Gasteiger partial charge on any atom is -0.350 e. The fourth-order valence-corrected chi connectivity index (χ4v) is 5.32. The molecule has 0 spiro atoms. The Morgan fingerprint density at radius 1 is 0.872 bits per heavy atom. The zero-order valence-electron chi connectivity index (χ0n) is 22.4. The monoisotopic (exact) mass is 589 g/mol. The number of nitrogens with zero attached hydrogens (tertiary/aromatic N) is 2. The van der Waals surface area contributed by atoms with E-state index in [2.05, 4.69) is 5.32 Å². The highest BCUT2D eigenvalue weighted by atomic mass is 35.5. The molecule has 3 aromatic carbocycles. The van der Waals surface area contributed by atoms with Crippen LogP contribution in [0.15, 0.2) is 78.9 Å². The third-order valence-corrected chi connectivity index (χ3v) is 7.53. The Hall–Kier alpha value is -3.07. The quantitative estimate of drug-likeness (QED) is 0.347. The Kier molecular flexibility index (Phi) is 10.0. The van der Waals surface area contributed by atoms with E-state index in [-0.39, 0.29) is 29.6 Å². The molecule has 0 unspecified atom stereocenters. The minimum atomic E-state index is -3.90. The van der Waals surface area contributed by atoms with Gasteiger partial charge in [-0.2, -0.15) is 0 Å². The number of benzene rings is 3. The lowest BCUT2D eigenvalue weighted by Gasteiger charge is -2.35. The van der Waals surface area contributed by atoms with Crippen molar-refractivity contribution in [2.75, 3.05) is 17.1 Å². The summed E-state index contributed by atoms with van der Waals surface area (Å²) in [5.74, 6) is -0.905. The highest BCUT2D eigenvalue weighted by molar-refractivity contribution is 7.92. The van der Waals surface area contributed by atoms with Crippen LogP contribution in [0, 0.1) is 0 Å². The Balaban J connectivity index is 2.08. The Morgan fingerprint density at radius 2 is 1.46 bits per heavy atom. The average molecular weight is 591 g/mol. The number of para-hydroxylation sites is 1. The molecule has 39 heavy (non-hydrogen) atoms. The first-order valence-corrected chi connectivity index (χ1v) is 15.0. The van der Waals surface area contributed by atoms with E-state index in [9.17, 15) is 18.0 Å². The first-order valence-electron chi connectivity index (χ1n) is 12.4. The lowest BCUT2D eigenvalue weighted by Crippen LogP contribution is -2.56. The topological polar surface area (TPSA) is 86.8 Å². The Morgan fingerprint density at radius 3 is 2.03 bits per heavy atom. The van der Waals surface area contributed by atoms with Gasteiger partial charge in [0.15, 0.2) is 0 Å². The number of rotatable bonds is 10. The number of hydrogen-bond acceptors (Lipinski definition) is 4. The van der Waals surface area contributed by atoms with Gasteiger partial charge in [0, 0.05) is 23.5 Å². The zero-order valence-corrected chi connectivity index (χ0v) is 24.7. The molecule has 0 fully saturated rings. The van der Waals surface area contributed by atoms with Crippen LogP contribution in [0.5, 0.6) is 0 Å². The largest absolute Gasteiger partial charge is 0.350 e. The molecular formula is C29H33Cl2N3O4S. The predicted molar refractivity (Wildman–Crippen MR) is 157 cm³/mol. The summed E-state index contributed by atoms with van der Waals surface area (Å²) in [6.45, 7) is 5.10. The van der Waals surface area contributed by atoms with Crippen LogP contribution in [0.1, 0.15) is 31.9 Å². The van der Waals surface area contributed by atoms with Crippen LogP contribution in [0.4, 0.5) is 5.69 Å². The Bertz CT molecular complexity index is 1390. The van der Waals surface area contributed by atoms with Crippen molar-refractivity contribution in [1.82, 2.24) is 10.2 Å². The van der Waals surface area contributed by atoms with Crippen molar-refractivity contribution in [3.8, 4) is 0 Å². The van der Waals surface area contributed by atoms with Crippen molar-refractivity contribution in [3.05, 3.63) is 100 Å². The van der Waals surface area contributed by atoms with E-state index in [0.717, 1.165) is 21.7 Å². The molecule has 0 radical (unpaired) electrons. The summed E-state index contributed by atoms with van der Waals surface area (Å²) >= 11 is 12.4. The van der Waals surface area contributed by atoms with Gasteiger partial charge in [0.2, 0.25) is 21.8 Å². The highest BCUT2D eigenvalue weighted by Gasteiger charge is 2.34. The number of carbonyl (C=O) groups is 2. The average Bonchev–Trinajstić information content (AvgIpc) is 2.85. The number of nitrogens with one attached hydrogen (secondary N) is 1. The first kappa shape index (κ1) is 30.5. The lowest BCUT2D eigenvalue weighted by atomic mass is 10.0. The second kappa shape index (κ2) is 12.9. The Labute approximate surface area is 240 Å². The van der Waals surface area contributed by atoms with E-state index in [4.69, 9.17) is 23.2 Å². The lowest BCUT2D eigenvalue weighted by molar-refractivity contribution is -0.140. The van der Waals surface area contributed by atoms with Gasteiger partial charge in [0.1, 0.15) is 12.6 Å². The smallest absolute Gasteiger partial charge is 0.244 e. The van der Waals surface area contributed by atoms with E-state index in [1.807, 2.05) is 51.1 Å². The number of amides is 2. The molecule has 0 bridgehead atoms. The van der Waals surface area contributed by atoms with Crippen LogP contribution < -0.4 is 9.62 Å². The molecule has 7 nitrogen and oxygen atoms in total. The normalized spacial score (nSPS) is 12.5. The minimum absolute atomic E-state index is 0.0607. The molecule has 0 aliphatic carbocycles. The number of sulfonamides is 1. The molecule has 208 valence electrons. The number of carbonyl (C=O) groups excluding carboxylic acids is 2. The third kappa shape index (κ3) is 8.98. The molecule has 0 aliphatic heterocycles. The molecule has 0 heterocycles. The van der Waals surface area contributed by atoms with E-state index >= 15 is 0 Å². The van der Waals surface area contributed by atoms with E-state index in [1.54, 1.807) is 42.5 Å². The van der Waals surface area contributed by atoms with Crippen LogP contribution in [0.2, 0.25) is 10.0 Å². The standard InChI is InChI=1S/C29H33Cl2N3O4S/c1-29(2,3)32-28(36)26(18-21-10-6-5-7-11-21)33(19-22-14-16-23(30)17-15-22)27(35)20-34(39(4,37)38)25-13-9-8-12-24(25)31/h5-17,26H,18-20H2,1-4H3,(H,32,36)/t26-/m1/s1. The summed E-state index contributed by atoms with van der Waals surface area (Å²) in [6, 6.07) is 21.8. The van der Waals surface area contributed by atoms with E-state index in [0.29, 0.717) is 5.02 Å².